The summed E-state index contributed by atoms with van der Waals surface area (Å²) in [6.07, 6.45) is 0. The fourth-order valence-electron chi connectivity index (χ4n) is 2.12. The van der Waals surface area contributed by atoms with E-state index in [1.54, 1.807) is 7.11 Å². The molecular weight excluding hydrogens is 266 g/mol. The molecule has 2 aromatic rings. The molecule has 0 radical (unpaired) electrons. The van der Waals surface area contributed by atoms with E-state index >= 15 is 0 Å². The van der Waals surface area contributed by atoms with Crippen LogP contribution in [0, 0.1) is 0 Å². The van der Waals surface area contributed by atoms with Crippen molar-refractivity contribution in [1.29, 1.82) is 0 Å². The number of ether oxygens (including phenoxy) is 1. The second kappa shape index (κ2) is 7.69. The maximum absolute atomic E-state index is 5.76. The van der Waals surface area contributed by atoms with Gasteiger partial charge in [0.2, 0.25) is 0 Å². The third-order valence-corrected chi connectivity index (χ3v) is 3.01. The minimum Gasteiger partial charge on any atom is -0.459 e. The number of furan rings is 1. The van der Waals surface area contributed by atoms with Crippen molar-refractivity contribution in [1.82, 2.24) is 10.6 Å². The van der Waals surface area contributed by atoms with Gasteiger partial charge in [-0.05, 0) is 26.0 Å². The lowest BCUT2D eigenvalue weighted by Gasteiger charge is -2.16. The standard InChI is InChI=1S/C16H23N3O2/c1-4-17-16(19-12(2)11-20-3)18-10-14-9-13-7-5-6-8-15(13)21-14/h5-9,12H,4,10-11H2,1-3H3,(H2,17,18,19). The molecule has 21 heavy (non-hydrogen) atoms. The summed E-state index contributed by atoms with van der Waals surface area (Å²) < 4.78 is 10.9. The second-order valence-corrected chi connectivity index (χ2v) is 4.95. The van der Waals surface area contributed by atoms with E-state index in [1.807, 2.05) is 37.3 Å². The van der Waals surface area contributed by atoms with Gasteiger partial charge in [-0.2, -0.15) is 0 Å². The van der Waals surface area contributed by atoms with Crippen molar-refractivity contribution in [2.75, 3.05) is 20.3 Å². The largest absolute Gasteiger partial charge is 0.459 e. The Morgan fingerprint density at radius 2 is 2.19 bits per heavy atom. The van der Waals surface area contributed by atoms with Gasteiger partial charge in [0.1, 0.15) is 17.9 Å². The highest BCUT2D eigenvalue weighted by Crippen LogP contribution is 2.19. The summed E-state index contributed by atoms with van der Waals surface area (Å²) in [6.45, 7) is 6.04. The molecule has 0 saturated heterocycles. The van der Waals surface area contributed by atoms with Gasteiger partial charge < -0.3 is 19.8 Å². The number of guanidine groups is 1. The molecule has 0 aliphatic rings. The number of methoxy groups -OCH3 is 1. The third-order valence-electron chi connectivity index (χ3n) is 3.01. The monoisotopic (exact) mass is 289 g/mol. The highest BCUT2D eigenvalue weighted by molar-refractivity contribution is 5.80. The van der Waals surface area contributed by atoms with Crippen molar-refractivity contribution in [3.8, 4) is 0 Å². The highest BCUT2D eigenvalue weighted by atomic mass is 16.5. The number of aliphatic imine (C=N–C) groups is 1. The molecule has 0 saturated carbocycles. The molecule has 5 heteroatoms. The van der Waals surface area contributed by atoms with Crippen LogP contribution in [0.15, 0.2) is 39.7 Å². The molecule has 114 valence electrons. The first-order valence-electron chi connectivity index (χ1n) is 7.24. The van der Waals surface area contributed by atoms with E-state index < -0.39 is 0 Å². The predicted octanol–water partition coefficient (Wildman–Crippen LogP) is 2.52. The summed E-state index contributed by atoms with van der Waals surface area (Å²) in [6, 6.07) is 10.2. The number of para-hydroxylation sites is 1. The SMILES string of the molecule is CCNC(=NCc1cc2ccccc2o1)NC(C)COC. The maximum atomic E-state index is 5.76. The number of hydrogen-bond acceptors (Lipinski definition) is 3. The van der Waals surface area contributed by atoms with Gasteiger partial charge in [0.25, 0.3) is 0 Å². The van der Waals surface area contributed by atoms with Crippen LogP contribution >= 0.6 is 0 Å². The van der Waals surface area contributed by atoms with E-state index in [2.05, 4.69) is 22.5 Å². The Kier molecular flexibility index (Phi) is 5.63. The first kappa shape index (κ1) is 15.4. The molecule has 1 aromatic heterocycles. The molecule has 0 aliphatic carbocycles. The van der Waals surface area contributed by atoms with Crippen LogP contribution in [0.3, 0.4) is 0 Å². The Labute approximate surface area is 125 Å². The summed E-state index contributed by atoms with van der Waals surface area (Å²) in [5, 5.41) is 7.62. The summed E-state index contributed by atoms with van der Waals surface area (Å²) in [5.41, 5.74) is 0.897. The van der Waals surface area contributed by atoms with E-state index in [1.165, 1.54) is 0 Å². The van der Waals surface area contributed by atoms with E-state index in [4.69, 9.17) is 9.15 Å². The molecule has 2 rings (SSSR count). The van der Waals surface area contributed by atoms with Crippen LogP contribution < -0.4 is 10.6 Å². The van der Waals surface area contributed by atoms with Crippen LogP contribution in [0.4, 0.5) is 0 Å². The van der Waals surface area contributed by atoms with Crippen molar-refractivity contribution in [3.63, 3.8) is 0 Å². The Hall–Kier alpha value is -2.01. The van der Waals surface area contributed by atoms with Crippen LogP contribution in [-0.2, 0) is 11.3 Å². The van der Waals surface area contributed by atoms with Crippen molar-refractivity contribution < 1.29 is 9.15 Å². The Balaban J connectivity index is 2.03. The number of fused-ring (bicyclic) bond motifs is 1. The average Bonchev–Trinajstić information content (AvgIpc) is 2.88. The molecule has 0 amide bonds. The topological polar surface area (TPSA) is 58.8 Å². The van der Waals surface area contributed by atoms with Crippen molar-refractivity contribution in [2.45, 2.75) is 26.4 Å². The van der Waals surface area contributed by atoms with Crippen LogP contribution in [-0.4, -0.2) is 32.3 Å². The zero-order valence-corrected chi connectivity index (χ0v) is 12.8. The number of rotatable bonds is 6. The van der Waals surface area contributed by atoms with Crippen LogP contribution in [0.1, 0.15) is 19.6 Å². The lowest BCUT2D eigenvalue weighted by atomic mass is 10.2. The summed E-state index contributed by atoms with van der Waals surface area (Å²) >= 11 is 0. The van der Waals surface area contributed by atoms with E-state index in [9.17, 15) is 0 Å². The van der Waals surface area contributed by atoms with E-state index in [-0.39, 0.29) is 6.04 Å². The molecule has 1 unspecified atom stereocenters. The van der Waals surface area contributed by atoms with Gasteiger partial charge in [0.05, 0.1) is 6.61 Å². The van der Waals surface area contributed by atoms with Gasteiger partial charge in [-0.25, -0.2) is 4.99 Å². The van der Waals surface area contributed by atoms with Gasteiger partial charge in [-0.15, -0.1) is 0 Å². The average molecular weight is 289 g/mol. The molecule has 0 fully saturated rings. The summed E-state index contributed by atoms with van der Waals surface area (Å²) in [7, 11) is 1.69. The summed E-state index contributed by atoms with van der Waals surface area (Å²) in [4.78, 5) is 4.55. The van der Waals surface area contributed by atoms with Gasteiger partial charge in [0, 0.05) is 25.1 Å². The Morgan fingerprint density at radius 1 is 1.38 bits per heavy atom. The van der Waals surface area contributed by atoms with Crippen molar-refractivity contribution >= 4 is 16.9 Å². The number of nitrogens with one attached hydrogen (secondary N) is 2. The summed E-state index contributed by atoms with van der Waals surface area (Å²) in [5.74, 6) is 1.62. The molecule has 1 aromatic carbocycles. The van der Waals surface area contributed by atoms with Crippen molar-refractivity contribution in [2.24, 2.45) is 4.99 Å². The fourth-order valence-corrected chi connectivity index (χ4v) is 2.12. The number of hydrogen-bond donors (Lipinski definition) is 2. The fraction of sp³-hybridized carbons (Fsp3) is 0.438. The van der Waals surface area contributed by atoms with Crippen LogP contribution in [0.2, 0.25) is 0 Å². The third kappa shape index (κ3) is 4.49. The molecule has 0 aliphatic heterocycles. The maximum Gasteiger partial charge on any atom is 0.191 e. The van der Waals surface area contributed by atoms with Gasteiger partial charge >= 0.3 is 0 Å². The van der Waals surface area contributed by atoms with E-state index in [0.717, 1.165) is 29.2 Å². The molecule has 1 heterocycles. The first-order valence-corrected chi connectivity index (χ1v) is 7.24. The molecule has 1 atom stereocenters. The van der Waals surface area contributed by atoms with Gasteiger partial charge in [-0.1, -0.05) is 18.2 Å². The van der Waals surface area contributed by atoms with Crippen molar-refractivity contribution in [3.05, 3.63) is 36.1 Å². The second-order valence-electron chi connectivity index (χ2n) is 4.95. The van der Waals surface area contributed by atoms with E-state index in [0.29, 0.717) is 13.2 Å². The predicted molar refractivity (Wildman–Crippen MR) is 85.5 cm³/mol. The molecular formula is C16H23N3O2. The molecule has 0 bridgehead atoms. The lowest BCUT2D eigenvalue weighted by Crippen LogP contribution is -2.43. The smallest absolute Gasteiger partial charge is 0.191 e. The molecule has 2 N–H and O–H groups in total. The molecule has 5 nitrogen and oxygen atoms in total. The van der Waals surface area contributed by atoms with Crippen LogP contribution in [0.25, 0.3) is 11.0 Å². The first-order chi connectivity index (χ1) is 10.2. The Morgan fingerprint density at radius 3 is 2.90 bits per heavy atom. The zero-order valence-electron chi connectivity index (χ0n) is 12.8. The highest BCUT2D eigenvalue weighted by Gasteiger charge is 2.06. The van der Waals surface area contributed by atoms with Crippen LogP contribution in [0.5, 0.6) is 0 Å². The molecule has 0 spiro atoms. The normalized spacial score (nSPS) is 13.4. The lowest BCUT2D eigenvalue weighted by molar-refractivity contribution is 0.179. The Bertz CT molecular complexity index is 559. The van der Waals surface area contributed by atoms with Gasteiger partial charge in [0.15, 0.2) is 5.96 Å². The minimum atomic E-state index is 0.198. The quantitative estimate of drug-likeness (QED) is 0.634. The minimum absolute atomic E-state index is 0.198. The number of nitrogens with zero attached hydrogens (tertiary/aromatic N) is 1. The zero-order chi connectivity index (χ0) is 15.1. The number of benzene rings is 1. The van der Waals surface area contributed by atoms with Gasteiger partial charge in [-0.3, -0.25) is 0 Å².